The van der Waals surface area contributed by atoms with Crippen LogP contribution in [0.2, 0.25) is 0 Å². The lowest BCUT2D eigenvalue weighted by Gasteiger charge is -2.23. The summed E-state index contributed by atoms with van der Waals surface area (Å²) in [5.74, 6) is 1.14. The standard InChI is InChI=1S/C14H18BrN3/c1-3-14(4-5-16-8-14)13-17-11-7-10(15)6-9(2)12(11)18-13/h6-7,16H,3-5,8H2,1-2H3,(H,17,18). The van der Waals surface area contributed by atoms with Gasteiger partial charge in [-0.2, -0.15) is 0 Å². The Bertz CT molecular complexity index is 582. The quantitative estimate of drug-likeness (QED) is 0.894. The van der Waals surface area contributed by atoms with Gasteiger partial charge in [-0.1, -0.05) is 22.9 Å². The lowest BCUT2D eigenvalue weighted by molar-refractivity contribution is 0.430. The summed E-state index contributed by atoms with van der Waals surface area (Å²) in [4.78, 5) is 8.39. The van der Waals surface area contributed by atoms with Gasteiger partial charge in [0.15, 0.2) is 0 Å². The maximum atomic E-state index is 4.86. The first-order chi connectivity index (χ1) is 8.64. The zero-order chi connectivity index (χ0) is 12.8. The molecule has 1 unspecified atom stereocenters. The van der Waals surface area contributed by atoms with Crippen LogP contribution in [0.4, 0.5) is 0 Å². The second kappa shape index (κ2) is 4.35. The maximum absolute atomic E-state index is 4.86. The van der Waals surface area contributed by atoms with Gasteiger partial charge in [-0.25, -0.2) is 4.98 Å². The van der Waals surface area contributed by atoms with Gasteiger partial charge in [0.2, 0.25) is 0 Å². The smallest absolute Gasteiger partial charge is 0.114 e. The summed E-state index contributed by atoms with van der Waals surface area (Å²) in [6.45, 7) is 6.49. The van der Waals surface area contributed by atoms with Crippen LogP contribution in [0.5, 0.6) is 0 Å². The molecular weight excluding hydrogens is 290 g/mol. The molecular formula is C14H18BrN3. The molecule has 4 heteroatoms. The average molecular weight is 308 g/mol. The van der Waals surface area contributed by atoms with Crippen LogP contribution >= 0.6 is 15.9 Å². The van der Waals surface area contributed by atoms with Crippen LogP contribution in [-0.2, 0) is 5.41 Å². The zero-order valence-corrected chi connectivity index (χ0v) is 12.4. The second-order valence-electron chi connectivity index (χ2n) is 5.26. The predicted molar refractivity (Wildman–Crippen MR) is 78.0 cm³/mol. The first-order valence-electron chi connectivity index (χ1n) is 6.52. The van der Waals surface area contributed by atoms with Crippen molar-refractivity contribution in [2.24, 2.45) is 0 Å². The van der Waals surface area contributed by atoms with E-state index in [9.17, 15) is 0 Å². The van der Waals surface area contributed by atoms with E-state index in [1.165, 1.54) is 12.0 Å². The number of hydrogen-bond donors (Lipinski definition) is 2. The first kappa shape index (κ1) is 12.2. The molecule has 1 saturated heterocycles. The maximum Gasteiger partial charge on any atom is 0.114 e. The molecule has 18 heavy (non-hydrogen) atoms. The van der Waals surface area contributed by atoms with E-state index in [1.54, 1.807) is 0 Å². The molecule has 1 aromatic carbocycles. The number of nitrogens with zero attached hydrogens (tertiary/aromatic N) is 1. The Morgan fingerprint density at radius 1 is 1.44 bits per heavy atom. The minimum atomic E-state index is 0.192. The molecule has 1 aliphatic heterocycles. The van der Waals surface area contributed by atoms with Crippen LogP contribution in [0, 0.1) is 6.92 Å². The molecule has 0 bridgehead atoms. The number of aryl methyl sites for hydroxylation is 1. The lowest BCUT2D eigenvalue weighted by atomic mass is 9.83. The number of imidazole rings is 1. The number of benzene rings is 1. The minimum Gasteiger partial charge on any atom is -0.341 e. The van der Waals surface area contributed by atoms with Gasteiger partial charge in [-0.3, -0.25) is 0 Å². The van der Waals surface area contributed by atoms with Gasteiger partial charge in [0.1, 0.15) is 5.82 Å². The third-order valence-corrected chi connectivity index (χ3v) is 4.62. The van der Waals surface area contributed by atoms with Gasteiger partial charge in [-0.15, -0.1) is 0 Å². The van der Waals surface area contributed by atoms with Crippen molar-refractivity contribution in [3.63, 3.8) is 0 Å². The van der Waals surface area contributed by atoms with Crippen LogP contribution in [0.1, 0.15) is 31.2 Å². The van der Waals surface area contributed by atoms with E-state index in [1.807, 2.05) is 0 Å². The van der Waals surface area contributed by atoms with Crippen LogP contribution in [0.3, 0.4) is 0 Å². The molecule has 2 N–H and O–H groups in total. The van der Waals surface area contributed by atoms with Crippen LogP contribution in [-0.4, -0.2) is 23.1 Å². The summed E-state index contributed by atoms with van der Waals surface area (Å²) in [5, 5.41) is 3.46. The highest BCUT2D eigenvalue weighted by Crippen LogP contribution is 2.34. The molecule has 1 aliphatic rings. The second-order valence-corrected chi connectivity index (χ2v) is 6.18. The first-order valence-corrected chi connectivity index (χ1v) is 7.31. The zero-order valence-electron chi connectivity index (χ0n) is 10.8. The highest BCUT2D eigenvalue weighted by molar-refractivity contribution is 9.10. The number of halogens is 1. The fraction of sp³-hybridized carbons (Fsp3) is 0.500. The van der Waals surface area contributed by atoms with Crippen molar-refractivity contribution < 1.29 is 0 Å². The molecule has 96 valence electrons. The molecule has 3 nitrogen and oxygen atoms in total. The van der Waals surface area contributed by atoms with Crippen molar-refractivity contribution in [1.29, 1.82) is 0 Å². The van der Waals surface area contributed by atoms with E-state index in [-0.39, 0.29) is 5.41 Å². The van der Waals surface area contributed by atoms with E-state index in [0.717, 1.165) is 40.8 Å². The van der Waals surface area contributed by atoms with Crippen molar-refractivity contribution in [2.45, 2.75) is 32.1 Å². The van der Waals surface area contributed by atoms with E-state index in [0.29, 0.717) is 0 Å². The van der Waals surface area contributed by atoms with Crippen molar-refractivity contribution in [2.75, 3.05) is 13.1 Å². The normalized spacial score (nSPS) is 23.9. The Morgan fingerprint density at radius 2 is 2.28 bits per heavy atom. The number of aromatic nitrogens is 2. The predicted octanol–water partition coefficient (Wildman–Crippen LogP) is 3.27. The monoisotopic (exact) mass is 307 g/mol. The van der Waals surface area contributed by atoms with Crippen LogP contribution in [0.15, 0.2) is 16.6 Å². The molecule has 3 rings (SSSR count). The SMILES string of the molecule is CCC1(c2nc3c(C)cc(Br)cc3[nH]2)CCNC1. The van der Waals surface area contributed by atoms with Gasteiger partial charge in [0.05, 0.1) is 11.0 Å². The molecule has 2 heterocycles. The molecule has 0 radical (unpaired) electrons. The molecule has 2 aromatic rings. The Labute approximate surface area is 116 Å². The molecule has 0 spiro atoms. The average Bonchev–Trinajstić information content (AvgIpc) is 2.94. The van der Waals surface area contributed by atoms with Gasteiger partial charge in [-0.05, 0) is 44.0 Å². The summed E-state index contributed by atoms with van der Waals surface area (Å²) in [5.41, 5.74) is 3.65. The van der Waals surface area contributed by atoms with Crippen molar-refractivity contribution in [3.05, 3.63) is 28.0 Å². The molecule has 1 fully saturated rings. The fourth-order valence-corrected chi connectivity index (χ4v) is 3.49. The van der Waals surface area contributed by atoms with Crippen LogP contribution in [0.25, 0.3) is 11.0 Å². The third-order valence-electron chi connectivity index (χ3n) is 4.16. The number of rotatable bonds is 2. The summed E-state index contributed by atoms with van der Waals surface area (Å²) < 4.78 is 1.11. The Hall–Kier alpha value is -0.870. The number of nitrogens with one attached hydrogen (secondary N) is 2. The van der Waals surface area contributed by atoms with Crippen molar-refractivity contribution >= 4 is 27.0 Å². The summed E-state index contributed by atoms with van der Waals surface area (Å²) in [7, 11) is 0. The van der Waals surface area contributed by atoms with Gasteiger partial charge in [0.25, 0.3) is 0 Å². The van der Waals surface area contributed by atoms with Gasteiger partial charge >= 0.3 is 0 Å². The molecule has 0 saturated carbocycles. The summed E-state index contributed by atoms with van der Waals surface area (Å²) >= 11 is 3.55. The topological polar surface area (TPSA) is 40.7 Å². The number of fused-ring (bicyclic) bond motifs is 1. The van der Waals surface area contributed by atoms with Crippen LogP contribution < -0.4 is 5.32 Å². The number of H-pyrrole nitrogens is 1. The number of hydrogen-bond acceptors (Lipinski definition) is 2. The van der Waals surface area contributed by atoms with Crippen molar-refractivity contribution in [3.8, 4) is 0 Å². The summed E-state index contributed by atoms with van der Waals surface area (Å²) in [6.07, 6.45) is 2.30. The van der Waals surface area contributed by atoms with E-state index in [2.05, 4.69) is 52.2 Å². The minimum absolute atomic E-state index is 0.192. The van der Waals surface area contributed by atoms with Crippen molar-refractivity contribution in [1.82, 2.24) is 15.3 Å². The highest BCUT2D eigenvalue weighted by Gasteiger charge is 2.36. The third kappa shape index (κ3) is 1.79. The fourth-order valence-electron chi connectivity index (χ4n) is 2.91. The largest absolute Gasteiger partial charge is 0.341 e. The molecule has 0 aliphatic carbocycles. The van der Waals surface area contributed by atoms with Gasteiger partial charge < -0.3 is 10.3 Å². The summed E-state index contributed by atoms with van der Waals surface area (Å²) in [6, 6.07) is 4.24. The molecule has 0 amide bonds. The Morgan fingerprint density at radius 3 is 2.94 bits per heavy atom. The Kier molecular flexibility index (Phi) is 2.94. The Balaban J connectivity index is 2.16. The highest BCUT2D eigenvalue weighted by atomic mass is 79.9. The molecule has 1 atom stereocenters. The van der Waals surface area contributed by atoms with E-state index in [4.69, 9.17) is 4.98 Å². The number of aromatic amines is 1. The lowest BCUT2D eigenvalue weighted by Crippen LogP contribution is -2.29. The molecule has 1 aromatic heterocycles. The van der Waals surface area contributed by atoms with E-state index < -0.39 is 0 Å². The van der Waals surface area contributed by atoms with Gasteiger partial charge in [0, 0.05) is 16.4 Å². The van der Waals surface area contributed by atoms with E-state index >= 15 is 0 Å².